The number of nitrogens with one attached hydrogen (secondary N) is 1. The van der Waals surface area contributed by atoms with Crippen molar-refractivity contribution in [2.75, 3.05) is 44.7 Å². The number of nitrogens with zero attached hydrogens (tertiary/aromatic N) is 4. The molecule has 20 heavy (non-hydrogen) atoms. The topological polar surface area (TPSA) is 72.3 Å². The van der Waals surface area contributed by atoms with E-state index in [9.17, 15) is 4.79 Å². The van der Waals surface area contributed by atoms with Gasteiger partial charge in [0.05, 0.1) is 12.1 Å². The predicted octanol–water partition coefficient (Wildman–Crippen LogP) is 0.475. The molecule has 2 heterocycles. The Kier molecular flexibility index (Phi) is 4.77. The van der Waals surface area contributed by atoms with Gasteiger partial charge in [0.15, 0.2) is 0 Å². The summed E-state index contributed by atoms with van der Waals surface area (Å²) in [6, 6.07) is 3.56. The maximum Gasteiger partial charge on any atom is 0.242 e. The fraction of sp³-hybridized carbons (Fsp3) is 0.462. The second kappa shape index (κ2) is 6.55. The summed E-state index contributed by atoms with van der Waals surface area (Å²) in [5.74, 6) is 0.489. The third kappa shape index (κ3) is 3.18. The largest absolute Gasteiger partial charge is 0.349 e. The standard InChI is InChI=1S/C13H16ClN5O/c1-18(9-11(20)19-6-4-16-5-7-19)13-12(14)10(8-15)2-3-17-13/h2-3,16H,4-7,9H2,1H3. The average Bonchev–Trinajstić information content (AvgIpc) is 2.48. The molecule has 0 bridgehead atoms. The molecule has 1 N–H and O–H groups in total. The summed E-state index contributed by atoms with van der Waals surface area (Å²) in [4.78, 5) is 19.8. The van der Waals surface area contributed by atoms with Gasteiger partial charge in [-0.2, -0.15) is 5.26 Å². The van der Waals surface area contributed by atoms with Crippen LogP contribution in [0.15, 0.2) is 12.3 Å². The molecule has 2 rings (SSSR count). The third-order valence-electron chi connectivity index (χ3n) is 3.19. The van der Waals surface area contributed by atoms with Crippen LogP contribution in [0.3, 0.4) is 0 Å². The number of anilines is 1. The molecular weight excluding hydrogens is 278 g/mol. The van der Waals surface area contributed by atoms with E-state index in [2.05, 4.69) is 10.3 Å². The number of amides is 1. The van der Waals surface area contributed by atoms with Crippen molar-refractivity contribution in [1.82, 2.24) is 15.2 Å². The molecule has 0 saturated carbocycles. The van der Waals surface area contributed by atoms with Gasteiger partial charge in [0.2, 0.25) is 5.91 Å². The number of halogens is 1. The first-order valence-electron chi connectivity index (χ1n) is 6.37. The highest BCUT2D eigenvalue weighted by atomic mass is 35.5. The minimum atomic E-state index is 0.0363. The van der Waals surface area contributed by atoms with Gasteiger partial charge >= 0.3 is 0 Å². The number of hydrogen-bond donors (Lipinski definition) is 1. The molecular formula is C13H16ClN5O. The molecule has 7 heteroatoms. The van der Waals surface area contributed by atoms with Gasteiger partial charge in [-0.25, -0.2) is 4.98 Å². The highest BCUT2D eigenvalue weighted by Gasteiger charge is 2.20. The van der Waals surface area contributed by atoms with Crippen molar-refractivity contribution in [3.05, 3.63) is 22.8 Å². The number of nitriles is 1. The Bertz CT molecular complexity index is 536. The first-order valence-corrected chi connectivity index (χ1v) is 6.75. The Labute approximate surface area is 122 Å². The number of pyridine rings is 1. The van der Waals surface area contributed by atoms with Crippen molar-refractivity contribution in [2.45, 2.75) is 0 Å². The Morgan fingerprint density at radius 1 is 1.60 bits per heavy atom. The normalized spacial score (nSPS) is 14.8. The summed E-state index contributed by atoms with van der Waals surface area (Å²) in [6.45, 7) is 3.26. The summed E-state index contributed by atoms with van der Waals surface area (Å²) in [7, 11) is 1.75. The van der Waals surface area contributed by atoms with E-state index < -0.39 is 0 Å². The van der Waals surface area contributed by atoms with Gasteiger partial charge in [0, 0.05) is 39.4 Å². The molecule has 1 aromatic rings. The van der Waals surface area contributed by atoms with Crippen molar-refractivity contribution in [1.29, 1.82) is 5.26 Å². The summed E-state index contributed by atoms with van der Waals surface area (Å²) in [5.41, 5.74) is 0.359. The van der Waals surface area contributed by atoms with Gasteiger partial charge in [-0.15, -0.1) is 0 Å². The Morgan fingerprint density at radius 3 is 2.95 bits per heavy atom. The van der Waals surface area contributed by atoms with Crippen LogP contribution in [0.4, 0.5) is 5.82 Å². The van der Waals surface area contributed by atoms with E-state index in [0.717, 1.165) is 13.1 Å². The molecule has 0 aliphatic carbocycles. The molecule has 0 atom stereocenters. The van der Waals surface area contributed by atoms with Crippen LogP contribution in [0.2, 0.25) is 5.02 Å². The quantitative estimate of drug-likeness (QED) is 0.877. The lowest BCUT2D eigenvalue weighted by Crippen LogP contribution is -2.49. The number of rotatable bonds is 3. The lowest BCUT2D eigenvalue weighted by Gasteiger charge is -2.29. The summed E-state index contributed by atoms with van der Waals surface area (Å²) in [5, 5.41) is 12.4. The number of piperazine rings is 1. The predicted molar refractivity (Wildman–Crippen MR) is 76.7 cm³/mol. The van der Waals surface area contributed by atoms with Crippen molar-refractivity contribution >= 4 is 23.3 Å². The monoisotopic (exact) mass is 293 g/mol. The van der Waals surface area contributed by atoms with Crippen LogP contribution >= 0.6 is 11.6 Å². The molecule has 1 saturated heterocycles. The maximum atomic E-state index is 12.2. The SMILES string of the molecule is CN(CC(=O)N1CCNCC1)c1nccc(C#N)c1Cl. The number of carbonyl (C=O) groups is 1. The third-order valence-corrected chi connectivity index (χ3v) is 3.57. The Balaban J connectivity index is 2.06. The van der Waals surface area contributed by atoms with Crippen LogP contribution in [0.1, 0.15) is 5.56 Å². The summed E-state index contributed by atoms with van der Waals surface area (Å²) < 4.78 is 0. The summed E-state index contributed by atoms with van der Waals surface area (Å²) in [6.07, 6.45) is 1.52. The molecule has 0 unspecified atom stereocenters. The van der Waals surface area contributed by atoms with E-state index in [4.69, 9.17) is 16.9 Å². The zero-order valence-electron chi connectivity index (χ0n) is 11.3. The van der Waals surface area contributed by atoms with Crippen molar-refractivity contribution in [3.8, 4) is 6.07 Å². The van der Waals surface area contributed by atoms with Gasteiger partial charge < -0.3 is 15.1 Å². The number of aromatic nitrogens is 1. The molecule has 0 aromatic carbocycles. The lowest BCUT2D eigenvalue weighted by atomic mass is 10.2. The van der Waals surface area contributed by atoms with Crippen molar-refractivity contribution < 1.29 is 4.79 Å². The fourth-order valence-electron chi connectivity index (χ4n) is 2.08. The van der Waals surface area contributed by atoms with Gasteiger partial charge in [0.25, 0.3) is 0 Å². The zero-order chi connectivity index (χ0) is 14.5. The van der Waals surface area contributed by atoms with Gasteiger partial charge in [0.1, 0.15) is 16.9 Å². The maximum absolute atomic E-state index is 12.2. The first kappa shape index (κ1) is 14.6. The molecule has 6 nitrogen and oxygen atoms in total. The zero-order valence-corrected chi connectivity index (χ0v) is 12.0. The van der Waals surface area contributed by atoms with Crippen LogP contribution in [0, 0.1) is 11.3 Å². The second-order valence-electron chi connectivity index (χ2n) is 4.59. The molecule has 1 aliphatic rings. The molecule has 1 fully saturated rings. The minimum Gasteiger partial charge on any atom is -0.349 e. The first-order chi connectivity index (χ1) is 9.63. The molecule has 0 radical (unpaired) electrons. The van der Waals surface area contributed by atoms with Crippen LogP contribution in [0.5, 0.6) is 0 Å². The smallest absolute Gasteiger partial charge is 0.242 e. The highest BCUT2D eigenvalue weighted by Crippen LogP contribution is 2.25. The molecule has 1 aromatic heterocycles. The molecule has 106 valence electrons. The van der Waals surface area contributed by atoms with Gasteiger partial charge in [-0.1, -0.05) is 11.6 Å². The number of hydrogen-bond acceptors (Lipinski definition) is 5. The second-order valence-corrected chi connectivity index (χ2v) is 4.97. The van der Waals surface area contributed by atoms with Gasteiger partial charge in [-0.3, -0.25) is 4.79 Å². The molecule has 1 aliphatic heterocycles. The van der Waals surface area contributed by atoms with E-state index in [1.165, 1.54) is 6.20 Å². The van der Waals surface area contributed by atoms with Crippen molar-refractivity contribution in [2.24, 2.45) is 0 Å². The van der Waals surface area contributed by atoms with Crippen LogP contribution in [-0.4, -0.2) is 55.6 Å². The van der Waals surface area contributed by atoms with E-state index >= 15 is 0 Å². The number of carbonyl (C=O) groups excluding carboxylic acids is 1. The molecule has 1 amide bonds. The van der Waals surface area contributed by atoms with E-state index in [1.807, 2.05) is 11.0 Å². The molecule has 0 spiro atoms. The Hall–Kier alpha value is -1.84. The van der Waals surface area contributed by atoms with Crippen LogP contribution in [0.25, 0.3) is 0 Å². The van der Waals surface area contributed by atoms with Crippen molar-refractivity contribution in [3.63, 3.8) is 0 Å². The minimum absolute atomic E-state index is 0.0363. The lowest BCUT2D eigenvalue weighted by molar-refractivity contribution is -0.130. The van der Waals surface area contributed by atoms with Gasteiger partial charge in [-0.05, 0) is 6.07 Å². The van der Waals surface area contributed by atoms with E-state index in [0.29, 0.717) is 24.5 Å². The van der Waals surface area contributed by atoms with Crippen LogP contribution in [-0.2, 0) is 4.79 Å². The fourth-order valence-corrected chi connectivity index (χ4v) is 2.38. The average molecular weight is 294 g/mol. The van der Waals surface area contributed by atoms with E-state index in [-0.39, 0.29) is 17.5 Å². The van der Waals surface area contributed by atoms with Crippen LogP contribution < -0.4 is 10.2 Å². The highest BCUT2D eigenvalue weighted by molar-refractivity contribution is 6.34. The number of likely N-dealkylation sites (N-methyl/N-ethyl adjacent to an activating group) is 1. The Morgan fingerprint density at radius 2 is 2.30 bits per heavy atom. The summed E-state index contributed by atoms with van der Waals surface area (Å²) >= 11 is 6.11. The van der Waals surface area contributed by atoms with E-state index in [1.54, 1.807) is 18.0 Å².